The van der Waals surface area contributed by atoms with Gasteiger partial charge >= 0.3 is 0 Å². The Labute approximate surface area is 183 Å². The molecule has 0 aliphatic rings. The highest BCUT2D eigenvalue weighted by atomic mass is 16.5. The van der Waals surface area contributed by atoms with Gasteiger partial charge in [-0.15, -0.1) is 0 Å². The lowest BCUT2D eigenvalue weighted by Gasteiger charge is -2.23. The van der Waals surface area contributed by atoms with E-state index in [-0.39, 0.29) is 42.7 Å². The molecule has 2 aromatic rings. The van der Waals surface area contributed by atoms with Crippen molar-refractivity contribution in [1.29, 1.82) is 0 Å². The molecule has 3 N–H and O–H groups in total. The van der Waals surface area contributed by atoms with Crippen molar-refractivity contribution >= 4 is 11.8 Å². The van der Waals surface area contributed by atoms with E-state index >= 15 is 0 Å². The number of phenols is 1. The summed E-state index contributed by atoms with van der Waals surface area (Å²) in [4.78, 5) is 24.2. The van der Waals surface area contributed by atoms with E-state index in [1.54, 1.807) is 19.1 Å². The molecule has 0 heterocycles. The summed E-state index contributed by atoms with van der Waals surface area (Å²) in [7, 11) is 0. The smallest absolute Gasteiger partial charge is 0.260 e. The Balaban J connectivity index is 1.71. The molecule has 2 amide bonds. The van der Waals surface area contributed by atoms with Crippen LogP contribution in [0, 0.1) is 6.92 Å². The highest BCUT2D eigenvalue weighted by molar-refractivity contribution is 5.81. The Morgan fingerprint density at radius 1 is 1.03 bits per heavy atom. The Morgan fingerprint density at radius 2 is 1.68 bits per heavy atom. The average Bonchev–Trinajstić information content (AvgIpc) is 2.71. The van der Waals surface area contributed by atoms with E-state index in [9.17, 15) is 14.7 Å². The highest BCUT2D eigenvalue weighted by Crippen LogP contribution is 2.32. The quantitative estimate of drug-likeness (QED) is 0.534. The molecule has 2 aromatic carbocycles. The molecule has 0 aliphatic heterocycles. The van der Waals surface area contributed by atoms with E-state index in [1.165, 1.54) is 12.1 Å². The van der Waals surface area contributed by atoms with Crippen molar-refractivity contribution in [1.82, 2.24) is 10.6 Å². The zero-order chi connectivity index (χ0) is 23.0. The van der Waals surface area contributed by atoms with E-state index in [4.69, 9.17) is 9.47 Å². The van der Waals surface area contributed by atoms with Crippen molar-refractivity contribution in [2.24, 2.45) is 0 Å². The molecule has 31 heavy (non-hydrogen) atoms. The predicted molar refractivity (Wildman–Crippen MR) is 120 cm³/mol. The van der Waals surface area contributed by atoms with Gasteiger partial charge in [-0.3, -0.25) is 9.59 Å². The number of phenolic OH excluding ortho intramolecular Hbond substituents is 1. The third-order valence-corrected chi connectivity index (χ3v) is 4.57. The number of carbonyl (C=O) groups excluding carboxylic acids is 2. The summed E-state index contributed by atoms with van der Waals surface area (Å²) in [6.07, 6.45) is -0.707. The summed E-state index contributed by atoms with van der Waals surface area (Å²) in [5.74, 6) is 0.746. The summed E-state index contributed by atoms with van der Waals surface area (Å²) in [5.41, 5.74) is 2.09. The van der Waals surface area contributed by atoms with E-state index < -0.39 is 6.10 Å². The van der Waals surface area contributed by atoms with Crippen LogP contribution in [0.3, 0.4) is 0 Å². The van der Waals surface area contributed by atoms with Crippen LogP contribution < -0.4 is 20.1 Å². The molecule has 0 saturated carbocycles. The molecule has 1 atom stereocenters. The van der Waals surface area contributed by atoms with Crippen LogP contribution >= 0.6 is 0 Å². The van der Waals surface area contributed by atoms with Crippen LogP contribution in [0.15, 0.2) is 42.5 Å². The number of hydrogen-bond donors (Lipinski definition) is 3. The highest BCUT2D eigenvalue weighted by Gasteiger charge is 2.20. The van der Waals surface area contributed by atoms with Gasteiger partial charge in [-0.25, -0.2) is 0 Å². The lowest BCUT2D eigenvalue weighted by molar-refractivity contribution is -0.127. The van der Waals surface area contributed by atoms with Gasteiger partial charge in [0.15, 0.2) is 12.7 Å². The van der Waals surface area contributed by atoms with Crippen molar-refractivity contribution in [2.45, 2.75) is 46.1 Å². The number of benzene rings is 2. The van der Waals surface area contributed by atoms with Crippen LogP contribution in [-0.2, 0) is 15.0 Å². The van der Waals surface area contributed by atoms with Gasteiger partial charge < -0.3 is 25.2 Å². The Kier molecular flexibility index (Phi) is 8.30. The molecule has 0 bridgehead atoms. The molecular formula is C24H32N2O5. The molecule has 0 saturated heterocycles. The van der Waals surface area contributed by atoms with E-state index in [2.05, 4.69) is 37.5 Å². The zero-order valence-electron chi connectivity index (χ0n) is 18.8. The minimum atomic E-state index is -0.707. The van der Waals surface area contributed by atoms with Crippen molar-refractivity contribution in [3.63, 3.8) is 0 Å². The minimum absolute atomic E-state index is 0.0962. The monoisotopic (exact) mass is 428 g/mol. The van der Waals surface area contributed by atoms with Crippen LogP contribution in [0.4, 0.5) is 0 Å². The van der Waals surface area contributed by atoms with Gasteiger partial charge in [0.2, 0.25) is 0 Å². The Hall–Kier alpha value is -3.22. The summed E-state index contributed by atoms with van der Waals surface area (Å²) in [5, 5.41) is 14.7. The largest absolute Gasteiger partial charge is 0.508 e. The first kappa shape index (κ1) is 24.1. The van der Waals surface area contributed by atoms with Crippen LogP contribution in [0.25, 0.3) is 0 Å². The molecule has 0 fully saturated rings. The first-order chi connectivity index (χ1) is 14.6. The molecule has 1 unspecified atom stereocenters. The number of hydrogen-bond acceptors (Lipinski definition) is 5. The van der Waals surface area contributed by atoms with Gasteiger partial charge in [-0.2, -0.15) is 0 Å². The topological polar surface area (TPSA) is 96.9 Å². The maximum atomic E-state index is 12.1. The van der Waals surface area contributed by atoms with Crippen LogP contribution in [0.5, 0.6) is 17.2 Å². The van der Waals surface area contributed by atoms with E-state index in [0.29, 0.717) is 11.5 Å². The van der Waals surface area contributed by atoms with Crippen molar-refractivity contribution in [3.8, 4) is 17.2 Å². The third kappa shape index (κ3) is 7.85. The van der Waals surface area contributed by atoms with E-state index in [1.807, 2.05) is 19.1 Å². The van der Waals surface area contributed by atoms with E-state index in [0.717, 1.165) is 11.1 Å². The second-order valence-electron chi connectivity index (χ2n) is 8.43. The molecule has 2 rings (SSSR count). The van der Waals surface area contributed by atoms with Gasteiger partial charge in [0, 0.05) is 13.1 Å². The molecule has 7 nitrogen and oxygen atoms in total. The third-order valence-electron chi connectivity index (χ3n) is 4.57. The Morgan fingerprint density at radius 3 is 2.32 bits per heavy atom. The molecule has 7 heteroatoms. The molecule has 0 radical (unpaired) electrons. The number of ether oxygens (including phenoxy) is 2. The number of carbonyl (C=O) groups is 2. The van der Waals surface area contributed by atoms with Crippen molar-refractivity contribution in [2.75, 3.05) is 19.7 Å². The fraction of sp³-hybridized carbons (Fsp3) is 0.417. The lowest BCUT2D eigenvalue weighted by Crippen LogP contribution is -2.41. The SMILES string of the molecule is Cc1ccc(OCC(=O)NCCNC(=O)C(C)Oc2ccc(O)cc2)c(C(C)(C)C)c1. The molecule has 0 aliphatic carbocycles. The minimum Gasteiger partial charge on any atom is -0.508 e. The molecular weight excluding hydrogens is 396 g/mol. The molecule has 0 spiro atoms. The second kappa shape index (κ2) is 10.7. The standard InChI is InChI=1S/C24H32N2O5/c1-16-6-11-21(20(14-16)24(3,4)5)30-15-22(28)25-12-13-26-23(29)17(2)31-19-9-7-18(27)8-10-19/h6-11,14,17,27H,12-13,15H2,1-5H3,(H,25,28)(H,26,29). The average molecular weight is 429 g/mol. The maximum Gasteiger partial charge on any atom is 0.260 e. The van der Waals surface area contributed by atoms with Gasteiger partial charge in [-0.05, 0) is 55.2 Å². The van der Waals surface area contributed by atoms with Gasteiger partial charge in [0.25, 0.3) is 11.8 Å². The number of aromatic hydroxyl groups is 1. The van der Waals surface area contributed by atoms with Crippen LogP contribution in [0.1, 0.15) is 38.8 Å². The Bertz CT molecular complexity index is 888. The lowest BCUT2D eigenvalue weighted by atomic mass is 9.85. The fourth-order valence-corrected chi connectivity index (χ4v) is 2.86. The summed E-state index contributed by atoms with van der Waals surface area (Å²) >= 11 is 0. The first-order valence-corrected chi connectivity index (χ1v) is 10.3. The van der Waals surface area contributed by atoms with Crippen molar-refractivity contribution in [3.05, 3.63) is 53.6 Å². The normalized spacial score (nSPS) is 12.0. The number of aryl methyl sites for hydroxylation is 1. The van der Waals surface area contributed by atoms with Gasteiger partial charge in [0.05, 0.1) is 0 Å². The molecule has 168 valence electrons. The summed E-state index contributed by atoms with van der Waals surface area (Å²) in [6, 6.07) is 12.1. The maximum absolute atomic E-state index is 12.1. The summed E-state index contributed by atoms with van der Waals surface area (Å²) in [6.45, 7) is 10.4. The van der Waals surface area contributed by atoms with Crippen molar-refractivity contribution < 1.29 is 24.2 Å². The first-order valence-electron chi connectivity index (χ1n) is 10.3. The fourth-order valence-electron chi connectivity index (χ4n) is 2.86. The van der Waals surface area contributed by atoms with Gasteiger partial charge in [-0.1, -0.05) is 38.5 Å². The van der Waals surface area contributed by atoms with Crippen LogP contribution in [-0.4, -0.2) is 42.7 Å². The predicted octanol–water partition coefficient (Wildman–Crippen LogP) is 3.08. The zero-order valence-corrected chi connectivity index (χ0v) is 18.8. The second-order valence-corrected chi connectivity index (χ2v) is 8.43. The van der Waals surface area contributed by atoms with Gasteiger partial charge in [0.1, 0.15) is 17.2 Å². The number of amides is 2. The summed E-state index contributed by atoms with van der Waals surface area (Å²) < 4.78 is 11.2. The molecule has 0 aromatic heterocycles. The van der Waals surface area contributed by atoms with Crippen LogP contribution in [0.2, 0.25) is 0 Å². The number of nitrogens with one attached hydrogen (secondary N) is 2. The number of rotatable bonds is 9.